The van der Waals surface area contributed by atoms with Gasteiger partial charge in [-0.1, -0.05) is 19.9 Å². The SMILES string of the molecule is CC(C)[C@@H](Nc1ncnc2[nH]c(-c3ccnn3C(C)C)cc12)c1ccc2c(c1)OCCO2. The summed E-state index contributed by atoms with van der Waals surface area (Å²) in [6.07, 6.45) is 3.41. The number of rotatable bonds is 6. The molecule has 0 fully saturated rings. The van der Waals surface area contributed by atoms with E-state index in [0.717, 1.165) is 45.3 Å². The summed E-state index contributed by atoms with van der Waals surface area (Å²) in [5.41, 5.74) is 3.91. The van der Waals surface area contributed by atoms with Gasteiger partial charge in [0.05, 0.1) is 22.8 Å². The molecule has 0 saturated heterocycles. The van der Waals surface area contributed by atoms with Gasteiger partial charge in [-0.3, -0.25) is 4.68 Å². The summed E-state index contributed by atoms with van der Waals surface area (Å²) in [5, 5.41) is 9.05. The Kier molecular flexibility index (Phi) is 5.20. The molecular formula is C24H28N6O2. The van der Waals surface area contributed by atoms with Crippen molar-refractivity contribution in [1.29, 1.82) is 0 Å². The lowest BCUT2D eigenvalue weighted by Crippen LogP contribution is -2.19. The van der Waals surface area contributed by atoms with Gasteiger partial charge in [0.15, 0.2) is 11.5 Å². The van der Waals surface area contributed by atoms with Gasteiger partial charge in [0.1, 0.15) is 31.0 Å². The molecule has 32 heavy (non-hydrogen) atoms. The van der Waals surface area contributed by atoms with Gasteiger partial charge in [-0.15, -0.1) is 0 Å². The molecule has 166 valence electrons. The summed E-state index contributed by atoms with van der Waals surface area (Å²) in [5.74, 6) is 2.70. The zero-order chi connectivity index (χ0) is 22.2. The summed E-state index contributed by atoms with van der Waals surface area (Å²) in [6, 6.07) is 10.5. The van der Waals surface area contributed by atoms with Crippen LogP contribution in [0.25, 0.3) is 22.4 Å². The van der Waals surface area contributed by atoms with E-state index in [0.29, 0.717) is 19.1 Å². The van der Waals surface area contributed by atoms with E-state index in [1.165, 1.54) is 0 Å². The highest BCUT2D eigenvalue weighted by Crippen LogP contribution is 2.37. The Labute approximate surface area is 187 Å². The lowest BCUT2D eigenvalue weighted by atomic mass is 9.95. The quantitative estimate of drug-likeness (QED) is 0.446. The van der Waals surface area contributed by atoms with Crippen LogP contribution < -0.4 is 14.8 Å². The predicted molar refractivity (Wildman–Crippen MR) is 124 cm³/mol. The van der Waals surface area contributed by atoms with Gasteiger partial charge in [-0.2, -0.15) is 5.10 Å². The maximum atomic E-state index is 5.80. The molecule has 0 aliphatic carbocycles. The fourth-order valence-corrected chi connectivity index (χ4v) is 4.17. The summed E-state index contributed by atoms with van der Waals surface area (Å²) in [4.78, 5) is 12.5. The molecule has 0 bridgehead atoms. The number of hydrogen-bond donors (Lipinski definition) is 2. The van der Waals surface area contributed by atoms with Crippen LogP contribution in [-0.4, -0.2) is 37.9 Å². The van der Waals surface area contributed by atoms with Crippen molar-refractivity contribution in [2.75, 3.05) is 18.5 Å². The molecule has 1 atom stereocenters. The zero-order valence-electron chi connectivity index (χ0n) is 18.8. The predicted octanol–water partition coefficient (Wildman–Crippen LogP) is 4.98. The van der Waals surface area contributed by atoms with Crippen molar-refractivity contribution in [2.45, 2.75) is 39.8 Å². The van der Waals surface area contributed by atoms with E-state index in [-0.39, 0.29) is 12.1 Å². The first kappa shape index (κ1) is 20.4. The van der Waals surface area contributed by atoms with Crippen LogP contribution in [-0.2, 0) is 0 Å². The summed E-state index contributed by atoms with van der Waals surface area (Å²) >= 11 is 0. The molecule has 1 aliphatic rings. The standard InChI is InChI=1S/C24H28N6O2/c1-14(2)22(16-5-6-20-21(11-16)32-10-9-31-20)29-24-17-12-18(28-23(17)25-13-26-24)19-7-8-27-30(19)15(3)4/h5-8,11-15,22H,9-10H2,1-4H3,(H2,25,26,28,29)/t22-/m1/s1. The van der Waals surface area contributed by atoms with Gasteiger partial charge in [0.25, 0.3) is 0 Å². The molecule has 4 aromatic rings. The first-order valence-electron chi connectivity index (χ1n) is 11.0. The normalized spacial score (nSPS) is 14.3. The number of aromatic nitrogens is 5. The first-order valence-corrected chi connectivity index (χ1v) is 11.0. The smallest absolute Gasteiger partial charge is 0.161 e. The minimum absolute atomic E-state index is 0.0449. The Balaban J connectivity index is 1.51. The number of aromatic amines is 1. The molecule has 4 heterocycles. The Morgan fingerprint density at radius 3 is 2.59 bits per heavy atom. The second-order valence-corrected chi connectivity index (χ2v) is 8.69. The lowest BCUT2D eigenvalue weighted by molar-refractivity contribution is 0.171. The van der Waals surface area contributed by atoms with Crippen LogP contribution in [0.3, 0.4) is 0 Å². The lowest BCUT2D eigenvalue weighted by Gasteiger charge is -2.26. The fourth-order valence-electron chi connectivity index (χ4n) is 4.17. The van der Waals surface area contributed by atoms with Crippen molar-refractivity contribution in [2.24, 2.45) is 5.92 Å². The minimum Gasteiger partial charge on any atom is -0.486 e. The van der Waals surface area contributed by atoms with Crippen molar-refractivity contribution in [3.63, 3.8) is 0 Å². The third-order valence-electron chi connectivity index (χ3n) is 5.75. The summed E-state index contributed by atoms with van der Waals surface area (Å²) in [7, 11) is 0. The topological polar surface area (TPSA) is 89.9 Å². The van der Waals surface area contributed by atoms with E-state index >= 15 is 0 Å². The maximum absolute atomic E-state index is 5.80. The van der Waals surface area contributed by atoms with E-state index in [2.05, 4.69) is 71.3 Å². The van der Waals surface area contributed by atoms with Gasteiger partial charge in [-0.25, -0.2) is 9.97 Å². The number of ether oxygens (including phenoxy) is 2. The Bertz CT molecular complexity index is 1240. The molecule has 0 saturated carbocycles. The van der Waals surface area contributed by atoms with Crippen molar-refractivity contribution in [1.82, 2.24) is 24.7 Å². The largest absolute Gasteiger partial charge is 0.486 e. The monoisotopic (exact) mass is 432 g/mol. The first-order chi connectivity index (χ1) is 15.5. The van der Waals surface area contributed by atoms with Crippen molar-refractivity contribution in [3.8, 4) is 22.9 Å². The molecule has 2 N–H and O–H groups in total. The Morgan fingerprint density at radius 2 is 1.81 bits per heavy atom. The summed E-state index contributed by atoms with van der Waals surface area (Å²) in [6.45, 7) is 9.77. The van der Waals surface area contributed by atoms with E-state index in [9.17, 15) is 0 Å². The Morgan fingerprint density at radius 1 is 1.00 bits per heavy atom. The summed E-state index contributed by atoms with van der Waals surface area (Å²) < 4.78 is 13.5. The van der Waals surface area contributed by atoms with Gasteiger partial charge in [0, 0.05) is 12.2 Å². The highest BCUT2D eigenvalue weighted by Gasteiger charge is 2.22. The Hall–Kier alpha value is -3.55. The van der Waals surface area contributed by atoms with Gasteiger partial charge >= 0.3 is 0 Å². The average molecular weight is 433 g/mol. The van der Waals surface area contributed by atoms with E-state index in [4.69, 9.17) is 9.47 Å². The minimum atomic E-state index is 0.0449. The van der Waals surface area contributed by atoms with Crippen molar-refractivity contribution >= 4 is 16.9 Å². The van der Waals surface area contributed by atoms with Crippen LogP contribution >= 0.6 is 0 Å². The van der Waals surface area contributed by atoms with E-state index in [1.807, 2.05) is 23.0 Å². The number of benzene rings is 1. The van der Waals surface area contributed by atoms with Gasteiger partial charge in [0.2, 0.25) is 0 Å². The van der Waals surface area contributed by atoms with Crippen LogP contribution in [0.1, 0.15) is 45.3 Å². The number of fused-ring (bicyclic) bond motifs is 2. The highest BCUT2D eigenvalue weighted by molar-refractivity contribution is 5.91. The molecule has 5 rings (SSSR count). The van der Waals surface area contributed by atoms with Crippen LogP contribution in [0.5, 0.6) is 11.5 Å². The third kappa shape index (κ3) is 3.66. The molecule has 0 radical (unpaired) electrons. The maximum Gasteiger partial charge on any atom is 0.161 e. The molecule has 0 unspecified atom stereocenters. The molecule has 8 nitrogen and oxygen atoms in total. The van der Waals surface area contributed by atoms with Crippen molar-refractivity contribution < 1.29 is 9.47 Å². The zero-order valence-corrected chi connectivity index (χ0v) is 18.8. The molecule has 1 aliphatic heterocycles. The molecule has 0 amide bonds. The second-order valence-electron chi connectivity index (χ2n) is 8.69. The highest BCUT2D eigenvalue weighted by atomic mass is 16.6. The number of hydrogen-bond acceptors (Lipinski definition) is 6. The second kappa shape index (κ2) is 8.18. The molecule has 1 aromatic carbocycles. The van der Waals surface area contributed by atoms with Crippen LogP contribution in [0.15, 0.2) is 42.9 Å². The van der Waals surface area contributed by atoms with Crippen LogP contribution in [0.2, 0.25) is 0 Å². The number of nitrogens with one attached hydrogen (secondary N) is 2. The third-order valence-corrected chi connectivity index (χ3v) is 5.75. The number of nitrogens with zero attached hydrogens (tertiary/aromatic N) is 4. The van der Waals surface area contributed by atoms with Gasteiger partial charge in [-0.05, 0) is 49.6 Å². The number of H-pyrrole nitrogens is 1. The van der Waals surface area contributed by atoms with E-state index < -0.39 is 0 Å². The average Bonchev–Trinajstić information content (AvgIpc) is 3.44. The number of anilines is 1. The van der Waals surface area contributed by atoms with E-state index in [1.54, 1.807) is 6.33 Å². The molecule has 3 aromatic heterocycles. The fraction of sp³-hybridized carbons (Fsp3) is 0.375. The van der Waals surface area contributed by atoms with Crippen molar-refractivity contribution in [3.05, 3.63) is 48.4 Å². The molecule has 8 heteroatoms. The van der Waals surface area contributed by atoms with Crippen LogP contribution in [0, 0.1) is 5.92 Å². The van der Waals surface area contributed by atoms with Gasteiger partial charge < -0.3 is 19.8 Å². The van der Waals surface area contributed by atoms with Crippen LogP contribution in [0.4, 0.5) is 5.82 Å². The molecular weight excluding hydrogens is 404 g/mol. The molecule has 0 spiro atoms.